The third kappa shape index (κ3) is 67.9. The smallest absolute Gasteiger partial charge is 0.456 e. The highest BCUT2D eigenvalue weighted by Gasteiger charge is 2.30. The van der Waals surface area contributed by atoms with E-state index in [1.165, 1.54) is 263 Å². The molecule has 9 nitrogen and oxygen atoms in total. The topological polar surface area (TPSA) is 111 Å². The molecule has 0 rings (SSSR count). The minimum Gasteiger partial charge on any atom is -0.456 e. The maximum absolute atomic E-state index is 13.6. The molecule has 0 saturated carbocycles. The highest BCUT2D eigenvalue weighted by Crippen LogP contribution is 2.43. The number of unbranched alkanes of at least 4 members (excludes halogenated alkanes) is 45. The number of phosphoric ester groups is 1. The van der Waals surface area contributed by atoms with E-state index in [1.54, 1.807) is 0 Å². The van der Waals surface area contributed by atoms with Crippen molar-refractivity contribution in [1.82, 2.24) is 5.32 Å². The Morgan fingerprint density at radius 2 is 0.701 bits per heavy atom. The monoisotopic (exact) mass is 1240 g/mol. The zero-order chi connectivity index (χ0) is 63.5. The van der Waals surface area contributed by atoms with E-state index in [1.807, 2.05) is 27.2 Å². The number of phosphoric acid groups is 1. The summed E-state index contributed by atoms with van der Waals surface area (Å²) in [6.45, 7) is 7.04. The second-order valence-corrected chi connectivity index (χ2v) is 28.3. The first-order valence-corrected chi connectivity index (χ1v) is 39.1. The molecule has 0 bridgehead atoms. The Balaban J connectivity index is 5.04. The molecule has 0 aliphatic heterocycles. The molecule has 0 radical (unpaired) electrons. The molecule has 3 unspecified atom stereocenters. The van der Waals surface area contributed by atoms with E-state index in [0.717, 1.165) is 70.6 Å². The van der Waals surface area contributed by atoms with Crippen LogP contribution in [0.5, 0.6) is 0 Å². The Bertz CT molecular complexity index is 1670. The van der Waals surface area contributed by atoms with E-state index in [2.05, 4.69) is 80.8 Å². The highest BCUT2D eigenvalue weighted by molar-refractivity contribution is 7.47. The van der Waals surface area contributed by atoms with Gasteiger partial charge in [-0.2, -0.15) is 0 Å². The van der Waals surface area contributed by atoms with Crippen LogP contribution in [0.2, 0.25) is 0 Å². The zero-order valence-electron chi connectivity index (χ0n) is 58.5. The van der Waals surface area contributed by atoms with Gasteiger partial charge in [0.1, 0.15) is 19.3 Å². The van der Waals surface area contributed by atoms with E-state index in [0.29, 0.717) is 23.9 Å². The van der Waals surface area contributed by atoms with Crippen LogP contribution in [0.15, 0.2) is 60.8 Å². The van der Waals surface area contributed by atoms with E-state index in [-0.39, 0.29) is 25.1 Å². The normalized spacial score (nSPS) is 13.8. The summed E-state index contributed by atoms with van der Waals surface area (Å²) in [5.41, 5.74) is 0. The summed E-state index contributed by atoms with van der Waals surface area (Å²) in [7, 11) is 1.51. The molecular formula is C77H146N2O7P+. The van der Waals surface area contributed by atoms with Gasteiger partial charge in [0.05, 0.1) is 33.8 Å². The number of nitrogens with zero attached hydrogens (tertiary/aromatic N) is 1. The average Bonchev–Trinajstić information content (AvgIpc) is 3.70. The van der Waals surface area contributed by atoms with Crippen molar-refractivity contribution >= 4 is 19.7 Å². The molecule has 0 spiro atoms. The van der Waals surface area contributed by atoms with E-state index in [4.69, 9.17) is 13.8 Å². The van der Waals surface area contributed by atoms with Crippen molar-refractivity contribution in [1.29, 1.82) is 0 Å². The quantitative estimate of drug-likeness (QED) is 0.0205. The minimum atomic E-state index is -4.46. The number of likely N-dealkylation sites (N-methyl/N-ethyl adjacent to an activating group) is 1. The van der Waals surface area contributed by atoms with Gasteiger partial charge in [0.25, 0.3) is 0 Å². The average molecular weight is 1240 g/mol. The maximum Gasteiger partial charge on any atom is 0.472 e. The number of hydrogen-bond donors (Lipinski definition) is 2. The molecule has 0 aromatic rings. The molecule has 10 heteroatoms. The molecule has 0 aromatic heterocycles. The molecule has 2 N–H and O–H groups in total. The Morgan fingerprint density at radius 3 is 1.08 bits per heavy atom. The molecule has 3 atom stereocenters. The Hall–Kier alpha value is -2.29. The van der Waals surface area contributed by atoms with Gasteiger partial charge >= 0.3 is 13.8 Å². The lowest BCUT2D eigenvalue weighted by Gasteiger charge is -2.27. The molecule has 87 heavy (non-hydrogen) atoms. The van der Waals surface area contributed by atoms with Crippen molar-refractivity contribution in [2.24, 2.45) is 0 Å². The van der Waals surface area contributed by atoms with Gasteiger partial charge in [-0.15, -0.1) is 0 Å². The summed E-state index contributed by atoms with van der Waals surface area (Å²) < 4.78 is 30.9. The van der Waals surface area contributed by atoms with Crippen LogP contribution in [0.3, 0.4) is 0 Å². The summed E-state index contributed by atoms with van der Waals surface area (Å²) >= 11 is 0. The summed E-state index contributed by atoms with van der Waals surface area (Å²) in [6.07, 6.45) is 86.6. The van der Waals surface area contributed by atoms with Crippen LogP contribution >= 0.6 is 7.82 Å². The standard InChI is InChI=1S/C77H145N2O7P/c1-7-10-13-16-19-22-25-28-30-32-34-36-38-39-41-43-45-47-49-52-55-58-61-64-67-70-77(81)86-75(68-65-62-59-56-53-50-27-24-21-18-15-12-9-3)74(73-85-87(82,83)84-72-71-79(4,5)6)78-76(80)69-66-63-60-57-54-51-48-46-44-42-40-37-35-33-31-29-26-23-20-17-14-11-8-2/h19,22,28-31,34,36,65,68,74-75H,7-18,20-21,23-27,32-33,35,37-64,66-67,69-73H2,1-6H3,(H-,78,80,82,83)/p+1/b22-19-,30-28-,31-29+,36-34-,68-65+. The number of nitrogens with one attached hydrogen (secondary N) is 1. The molecular weight excluding hydrogens is 1100 g/mol. The molecule has 0 saturated heterocycles. The van der Waals surface area contributed by atoms with E-state index < -0.39 is 20.0 Å². The first-order valence-electron chi connectivity index (χ1n) is 37.6. The van der Waals surface area contributed by atoms with Crippen molar-refractivity contribution in [3.05, 3.63) is 60.8 Å². The number of ether oxygens (including phenoxy) is 1. The van der Waals surface area contributed by atoms with Crippen molar-refractivity contribution in [3.8, 4) is 0 Å². The van der Waals surface area contributed by atoms with Crippen molar-refractivity contribution in [2.45, 2.75) is 380 Å². The number of carbonyl (C=O) groups excluding carboxylic acids is 2. The third-order valence-corrected chi connectivity index (χ3v) is 17.9. The molecule has 0 heterocycles. The van der Waals surface area contributed by atoms with E-state index >= 15 is 0 Å². The number of hydrogen-bond acceptors (Lipinski definition) is 6. The summed E-state index contributed by atoms with van der Waals surface area (Å²) in [5, 5.41) is 3.08. The van der Waals surface area contributed by atoms with Gasteiger partial charge in [0.2, 0.25) is 5.91 Å². The molecule has 0 fully saturated rings. The third-order valence-electron chi connectivity index (χ3n) is 16.9. The van der Waals surface area contributed by atoms with Crippen LogP contribution in [-0.4, -0.2) is 74.3 Å². The predicted molar refractivity (Wildman–Crippen MR) is 378 cm³/mol. The number of esters is 1. The highest BCUT2D eigenvalue weighted by atomic mass is 31.2. The number of amides is 1. The number of allylic oxidation sites excluding steroid dienone is 9. The van der Waals surface area contributed by atoms with Crippen LogP contribution in [0.1, 0.15) is 367 Å². The fourth-order valence-corrected chi connectivity index (χ4v) is 11.9. The number of rotatable bonds is 69. The Morgan fingerprint density at radius 1 is 0.402 bits per heavy atom. The number of quaternary nitrogens is 1. The van der Waals surface area contributed by atoms with Crippen LogP contribution in [0.4, 0.5) is 0 Å². The van der Waals surface area contributed by atoms with Crippen LogP contribution in [-0.2, 0) is 27.9 Å². The lowest BCUT2D eigenvalue weighted by Crippen LogP contribution is -2.47. The first-order chi connectivity index (χ1) is 42.4. The summed E-state index contributed by atoms with van der Waals surface area (Å²) in [6, 6.07) is -0.850. The second-order valence-electron chi connectivity index (χ2n) is 26.8. The fourth-order valence-electron chi connectivity index (χ4n) is 11.1. The summed E-state index contributed by atoms with van der Waals surface area (Å²) in [5.74, 6) is -0.491. The SMILES string of the molecule is CCCCC/C=C\C/C=C\C/C=C\CCCCCCCCCCCCCCC(=O)OC(/C=C/CCCCCCCCCCCCC)C(COP(=O)(O)OCC[N+](C)(C)C)NC(=O)CCCCCCCCCCCCCCC/C=C/CCCCCCCC. The van der Waals surface area contributed by atoms with Gasteiger partial charge in [0, 0.05) is 12.8 Å². The van der Waals surface area contributed by atoms with Crippen molar-refractivity contribution < 1.29 is 37.3 Å². The van der Waals surface area contributed by atoms with Gasteiger partial charge in [-0.3, -0.25) is 18.6 Å². The van der Waals surface area contributed by atoms with Crippen LogP contribution < -0.4 is 5.32 Å². The first kappa shape index (κ1) is 84.7. The largest absolute Gasteiger partial charge is 0.472 e. The van der Waals surface area contributed by atoms with Crippen molar-refractivity contribution in [3.63, 3.8) is 0 Å². The fraction of sp³-hybridized carbons (Fsp3) is 0.844. The van der Waals surface area contributed by atoms with Gasteiger partial charge < -0.3 is 19.4 Å². The number of carbonyl (C=O) groups is 2. The van der Waals surface area contributed by atoms with Gasteiger partial charge in [-0.1, -0.05) is 319 Å². The lowest BCUT2D eigenvalue weighted by molar-refractivity contribution is -0.870. The van der Waals surface area contributed by atoms with Gasteiger partial charge in [-0.25, -0.2) is 4.57 Å². The van der Waals surface area contributed by atoms with Gasteiger partial charge in [0.15, 0.2) is 0 Å². The second kappa shape index (κ2) is 66.6. The molecule has 1 amide bonds. The Labute approximate surface area is 541 Å². The van der Waals surface area contributed by atoms with Crippen molar-refractivity contribution in [2.75, 3.05) is 40.9 Å². The summed E-state index contributed by atoms with van der Waals surface area (Å²) in [4.78, 5) is 38.0. The lowest BCUT2D eigenvalue weighted by atomic mass is 10.0. The molecule has 0 aromatic carbocycles. The maximum atomic E-state index is 13.6. The minimum absolute atomic E-state index is 0.0406. The van der Waals surface area contributed by atoms with Gasteiger partial charge in [-0.05, 0) is 96.0 Å². The Kier molecular flexibility index (Phi) is 64.9. The molecule has 0 aliphatic carbocycles. The van der Waals surface area contributed by atoms with Crippen LogP contribution in [0.25, 0.3) is 0 Å². The zero-order valence-corrected chi connectivity index (χ0v) is 59.4. The molecule has 510 valence electrons. The van der Waals surface area contributed by atoms with E-state index in [9.17, 15) is 19.0 Å². The predicted octanol–water partition coefficient (Wildman–Crippen LogP) is 24.1. The molecule has 0 aliphatic rings. The van der Waals surface area contributed by atoms with Crippen LogP contribution in [0, 0.1) is 0 Å².